The summed E-state index contributed by atoms with van der Waals surface area (Å²) in [6.07, 6.45) is 1.63. The number of carbonyl (C=O) groups excluding carboxylic acids is 2. The van der Waals surface area contributed by atoms with Gasteiger partial charge in [0.05, 0.1) is 23.4 Å². The topological polar surface area (TPSA) is 99.7 Å². The van der Waals surface area contributed by atoms with Crippen molar-refractivity contribution in [2.75, 3.05) is 54.5 Å². The number of Topliss-reactive ketones (excluding diaryl/α,β-unsaturated/α-hetero) is 1. The van der Waals surface area contributed by atoms with Crippen LogP contribution in [0, 0.1) is 0 Å². The van der Waals surface area contributed by atoms with E-state index in [0.29, 0.717) is 24.5 Å². The normalized spacial score (nSPS) is 17.1. The molecule has 0 radical (unpaired) electrons. The predicted octanol–water partition coefficient (Wildman–Crippen LogP) is 3.52. The zero-order chi connectivity index (χ0) is 23.5. The summed E-state index contributed by atoms with van der Waals surface area (Å²) in [5, 5.41) is 7.97. The number of fused-ring (bicyclic) bond motifs is 1. The summed E-state index contributed by atoms with van der Waals surface area (Å²) >= 11 is 1.68. The van der Waals surface area contributed by atoms with Gasteiger partial charge in [-0.15, -0.1) is 11.3 Å². The number of amides is 2. The zero-order valence-electron chi connectivity index (χ0n) is 19.1. The molecule has 34 heavy (non-hydrogen) atoms. The van der Waals surface area contributed by atoms with E-state index in [9.17, 15) is 9.59 Å². The van der Waals surface area contributed by atoms with Crippen molar-refractivity contribution < 1.29 is 14.3 Å². The van der Waals surface area contributed by atoms with Crippen molar-refractivity contribution in [3.8, 4) is 0 Å². The molecule has 9 nitrogen and oxygen atoms in total. The molecule has 2 fully saturated rings. The number of hydrogen-bond donors (Lipinski definition) is 2. The summed E-state index contributed by atoms with van der Waals surface area (Å²) in [4.78, 5) is 38.1. The molecule has 2 aromatic heterocycles. The fraction of sp³-hybridized carbons (Fsp3) is 0.417. The quantitative estimate of drug-likeness (QED) is 0.539. The highest BCUT2D eigenvalue weighted by Crippen LogP contribution is 2.32. The Bertz CT molecular complexity index is 1170. The van der Waals surface area contributed by atoms with Crippen LogP contribution in [0.5, 0.6) is 0 Å². The third kappa shape index (κ3) is 4.97. The Morgan fingerprint density at radius 3 is 2.44 bits per heavy atom. The highest BCUT2D eigenvalue weighted by atomic mass is 32.1. The van der Waals surface area contributed by atoms with E-state index in [2.05, 4.69) is 31.9 Å². The largest absolute Gasteiger partial charge is 0.378 e. The van der Waals surface area contributed by atoms with E-state index in [0.717, 1.165) is 61.0 Å². The van der Waals surface area contributed by atoms with Gasteiger partial charge in [0.25, 0.3) is 0 Å². The summed E-state index contributed by atoms with van der Waals surface area (Å²) in [5.74, 6) is 1.75. The number of rotatable bonds is 5. The number of anilines is 3. The molecule has 0 unspecified atom stereocenters. The van der Waals surface area contributed by atoms with E-state index in [4.69, 9.17) is 14.7 Å². The third-order valence-electron chi connectivity index (χ3n) is 6.25. The number of thiophene rings is 1. The Morgan fingerprint density at radius 2 is 1.74 bits per heavy atom. The molecule has 0 aliphatic carbocycles. The van der Waals surface area contributed by atoms with Gasteiger partial charge in [0, 0.05) is 43.5 Å². The van der Waals surface area contributed by atoms with Crippen molar-refractivity contribution in [2.24, 2.45) is 0 Å². The van der Waals surface area contributed by atoms with Crippen LogP contribution in [-0.4, -0.2) is 67.2 Å². The summed E-state index contributed by atoms with van der Waals surface area (Å²) in [6, 6.07) is 8.80. The van der Waals surface area contributed by atoms with Crippen molar-refractivity contribution in [1.29, 1.82) is 0 Å². The summed E-state index contributed by atoms with van der Waals surface area (Å²) in [5.41, 5.74) is 2.26. The molecular weight excluding hydrogens is 452 g/mol. The van der Waals surface area contributed by atoms with Gasteiger partial charge in [-0.25, -0.2) is 9.78 Å². The van der Waals surface area contributed by atoms with Gasteiger partial charge < -0.3 is 25.2 Å². The molecule has 2 saturated heterocycles. The third-order valence-corrected chi connectivity index (χ3v) is 7.15. The summed E-state index contributed by atoms with van der Waals surface area (Å²) in [6.45, 7) is 6.17. The van der Waals surface area contributed by atoms with E-state index in [1.807, 2.05) is 0 Å². The van der Waals surface area contributed by atoms with Gasteiger partial charge in [-0.1, -0.05) is 0 Å². The van der Waals surface area contributed by atoms with Crippen molar-refractivity contribution in [2.45, 2.75) is 25.8 Å². The number of ether oxygens (including phenoxy) is 1. The fourth-order valence-electron chi connectivity index (χ4n) is 4.33. The lowest BCUT2D eigenvalue weighted by atomic mass is 10.1. The molecule has 2 N–H and O–H groups in total. The van der Waals surface area contributed by atoms with Crippen molar-refractivity contribution in [1.82, 2.24) is 15.3 Å². The first-order valence-electron chi connectivity index (χ1n) is 11.6. The van der Waals surface area contributed by atoms with Crippen LogP contribution in [0.4, 0.5) is 22.2 Å². The number of nitrogens with zero attached hydrogens (tertiary/aromatic N) is 4. The van der Waals surface area contributed by atoms with E-state index in [1.165, 1.54) is 6.92 Å². The lowest BCUT2D eigenvalue weighted by Crippen LogP contribution is -2.46. The molecule has 4 heterocycles. The molecule has 1 aromatic carbocycles. The number of aromatic nitrogens is 2. The van der Waals surface area contributed by atoms with Gasteiger partial charge in [-0.3, -0.25) is 4.79 Å². The average Bonchev–Trinajstić information content (AvgIpc) is 3.33. The van der Waals surface area contributed by atoms with Crippen molar-refractivity contribution >= 4 is 50.8 Å². The number of morpholine rings is 1. The second-order valence-corrected chi connectivity index (χ2v) is 9.49. The maximum Gasteiger partial charge on any atom is 0.319 e. The molecule has 5 rings (SSSR count). The molecule has 0 bridgehead atoms. The van der Waals surface area contributed by atoms with Crippen LogP contribution >= 0.6 is 11.3 Å². The molecular formula is C24H28N6O3S. The van der Waals surface area contributed by atoms with E-state index in [-0.39, 0.29) is 17.9 Å². The minimum atomic E-state index is -0.237. The summed E-state index contributed by atoms with van der Waals surface area (Å²) in [7, 11) is 0. The van der Waals surface area contributed by atoms with Gasteiger partial charge in [0.1, 0.15) is 0 Å². The molecule has 10 heteroatoms. The Labute approximate surface area is 202 Å². The number of nitrogens with one attached hydrogen (secondary N) is 2. The molecule has 2 aliphatic heterocycles. The van der Waals surface area contributed by atoms with Crippen molar-refractivity contribution in [3.63, 3.8) is 0 Å². The standard InChI is InChI=1S/C24H28N6O3S/c1-16(31)17-2-4-18(5-3-17)25-24(32)26-19-6-9-30(10-7-19)23-27-20-8-15-34-21(20)22(28-23)29-11-13-33-14-12-29/h2-5,8,15,19H,6-7,9-14H2,1H3,(H2,25,26,32). The van der Waals surface area contributed by atoms with Crippen LogP contribution in [-0.2, 0) is 4.74 Å². The van der Waals surface area contributed by atoms with Gasteiger partial charge in [-0.2, -0.15) is 4.98 Å². The van der Waals surface area contributed by atoms with E-state index < -0.39 is 0 Å². The molecule has 178 valence electrons. The number of carbonyl (C=O) groups is 2. The zero-order valence-corrected chi connectivity index (χ0v) is 19.9. The smallest absolute Gasteiger partial charge is 0.319 e. The number of benzene rings is 1. The van der Waals surface area contributed by atoms with Gasteiger partial charge in [0.15, 0.2) is 11.6 Å². The maximum atomic E-state index is 12.4. The lowest BCUT2D eigenvalue weighted by molar-refractivity contribution is 0.101. The van der Waals surface area contributed by atoms with Gasteiger partial charge in [-0.05, 0) is 55.5 Å². The Hall–Kier alpha value is -3.24. The maximum absolute atomic E-state index is 12.4. The SMILES string of the molecule is CC(=O)c1ccc(NC(=O)NC2CCN(c3nc(N4CCOCC4)c4sccc4n3)CC2)cc1. The van der Waals surface area contributed by atoms with Gasteiger partial charge in [0.2, 0.25) is 5.95 Å². The highest BCUT2D eigenvalue weighted by molar-refractivity contribution is 7.17. The average molecular weight is 481 g/mol. The Morgan fingerprint density at radius 1 is 1.00 bits per heavy atom. The summed E-state index contributed by atoms with van der Waals surface area (Å²) < 4.78 is 6.63. The Balaban J connectivity index is 1.19. The van der Waals surface area contributed by atoms with Crippen LogP contribution in [0.3, 0.4) is 0 Å². The minimum Gasteiger partial charge on any atom is -0.378 e. The molecule has 2 amide bonds. The molecule has 0 spiro atoms. The fourth-order valence-corrected chi connectivity index (χ4v) is 5.18. The molecule has 3 aromatic rings. The first kappa shape index (κ1) is 22.5. The van der Waals surface area contributed by atoms with Crippen LogP contribution in [0.1, 0.15) is 30.1 Å². The highest BCUT2D eigenvalue weighted by Gasteiger charge is 2.25. The van der Waals surface area contributed by atoms with E-state index in [1.54, 1.807) is 35.6 Å². The van der Waals surface area contributed by atoms with Crippen LogP contribution in [0.15, 0.2) is 35.7 Å². The Kier molecular flexibility index (Phi) is 6.59. The molecule has 2 aliphatic rings. The first-order valence-corrected chi connectivity index (χ1v) is 12.5. The molecule has 0 saturated carbocycles. The van der Waals surface area contributed by atoms with E-state index >= 15 is 0 Å². The van der Waals surface area contributed by atoms with Crippen LogP contribution < -0.4 is 20.4 Å². The monoisotopic (exact) mass is 480 g/mol. The second-order valence-electron chi connectivity index (χ2n) is 8.57. The number of piperidine rings is 1. The number of ketones is 1. The second kappa shape index (κ2) is 9.94. The predicted molar refractivity (Wildman–Crippen MR) is 134 cm³/mol. The van der Waals surface area contributed by atoms with Gasteiger partial charge >= 0.3 is 6.03 Å². The van der Waals surface area contributed by atoms with Crippen molar-refractivity contribution in [3.05, 3.63) is 41.3 Å². The minimum absolute atomic E-state index is 0.00181. The lowest BCUT2D eigenvalue weighted by Gasteiger charge is -2.33. The molecule has 0 atom stereocenters. The first-order chi connectivity index (χ1) is 16.6. The van der Waals surface area contributed by atoms with Crippen LogP contribution in [0.25, 0.3) is 10.2 Å². The van der Waals surface area contributed by atoms with Crippen LogP contribution in [0.2, 0.25) is 0 Å². The number of hydrogen-bond acceptors (Lipinski definition) is 8. The number of urea groups is 1.